The number of nitrogen functional groups attached to an aromatic ring is 2. The first kappa shape index (κ1) is 29.9. The van der Waals surface area contributed by atoms with E-state index in [1.165, 1.54) is 0 Å². The number of rotatable bonds is 19. The van der Waals surface area contributed by atoms with E-state index in [9.17, 15) is 4.39 Å². The maximum Gasteiger partial charge on any atom is 0.162 e. The van der Waals surface area contributed by atoms with E-state index in [0.717, 1.165) is 10.0 Å². The quantitative estimate of drug-likeness (QED) is 0.156. The lowest BCUT2D eigenvalue weighted by Gasteiger charge is -2.12. The van der Waals surface area contributed by atoms with Gasteiger partial charge < -0.3 is 39.9 Å². The number of hydrogen-bond donors (Lipinski definition) is 2. The summed E-state index contributed by atoms with van der Waals surface area (Å²) in [6.45, 7) is 3.82. The van der Waals surface area contributed by atoms with Crippen LogP contribution in [0.15, 0.2) is 40.9 Å². The second kappa shape index (κ2) is 17.1. The molecule has 10 nitrogen and oxygen atoms in total. The standard InChI is InChI=1S/C26H34BrFN4O6/c27-20-3-1-2-19(16-20)26-31-23-18-24(22(29)17-21(23)25(30)32-26)38-15-14-37-13-12-36-11-10-35-9-8-34-7-6-33-5-4-28/h1-3,16-18H,4-15,29H2,(H2,30,31,32). The van der Waals surface area contributed by atoms with Gasteiger partial charge in [-0.1, -0.05) is 28.1 Å². The molecule has 0 saturated carbocycles. The third-order valence-electron chi connectivity index (χ3n) is 5.13. The van der Waals surface area contributed by atoms with Gasteiger partial charge in [0, 0.05) is 21.5 Å². The summed E-state index contributed by atoms with van der Waals surface area (Å²) in [7, 11) is 0. The Morgan fingerprint density at radius 2 is 1.29 bits per heavy atom. The number of nitrogens with zero attached hydrogens (tertiary/aromatic N) is 2. The lowest BCUT2D eigenvalue weighted by molar-refractivity contribution is -0.0132. The van der Waals surface area contributed by atoms with Gasteiger partial charge in [0.2, 0.25) is 0 Å². The largest absolute Gasteiger partial charge is 0.489 e. The molecule has 4 N–H and O–H groups in total. The van der Waals surface area contributed by atoms with Crippen LogP contribution in [-0.4, -0.2) is 89.3 Å². The second-order valence-corrected chi connectivity index (χ2v) is 8.86. The topological polar surface area (TPSA) is 133 Å². The van der Waals surface area contributed by atoms with E-state index in [-0.39, 0.29) is 6.61 Å². The number of benzene rings is 2. The predicted molar refractivity (Wildman–Crippen MR) is 147 cm³/mol. The molecule has 3 aromatic rings. The van der Waals surface area contributed by atoms with Crippen LogP contribution in [0.1, 0.15) is 0 Å². The zero-order valence-electron chi connectivity index (χ0n) is 21.2. The molecule has 3 rings (SSSR count). The Morgan fingerprint density at radius 1 is 0.711 bits per heavy atom. The van der Waals surface area contributed by atoms with Gasteiger partial charge in [-0.2, -0.15) is 0 Å². The number of hydrogen-bond acceptors (Lipinski definition) is 10. The molecule has 0 fully saturated rings. The Hall–Kier alpha value is -2.61. The fourth-order valence-electron chi connectivity index (χ4n) is 3.33. The Balaban J connectivity index is 1.30. The summed E-state index contributed by atoms with van der Waals surface area (Å²) in [5.41, 5.74) is 14.3. The first-order chi connectivity index (χ1) is 18.6. The number of ether oxygens (including phenoxy) is 6. The average molecular weight is 597 g/mol. The molecule has 0 atom stereocenters. The summed E-state index contributed by atoms with van der Waals surface area (Å²) in [5.74, 6) is 1.37. The van der Waals surface area contributed by atoms with E-state index in [2.05, 4.69) is 25.9 Å². The van der Waals surface area contributed by atoms with E-state index in [1.807, 2.05) is 24.3 Å². The third-order valence-corrected chi connectivity index (χ3v) is 5.63. The lowest BCUT2D eigenvalue weighted by atomic mass is 10.1. The Morgan fingerprint density at radius 3 is 1.87 bits per heavy atom. The summed E-state index contributed by atoms with van der Waals surface area (Å²) in [6, 6.07) is 11.2. The second-order valence-electron chi connectivity index (χ2n) is 7.95. The molecule has 0 aliphatic carbocycles. The van der Waals surface area contributed by atoms with Crippen molar-refractivity contribution in [1.82, 2.24) is 9.97 Å². The minimum absolute atomic E-state index is 0.105. The molecule has 0 unspecified atom stereocenters. The van der Waals surface area contributed by atoms with Crippen LogP contribution in [-0.2, 0) is 23.7 Å². The first-order valence-electron chi connectivity index (χ1n) is 12.3. The molecule has 0 amide bonds. The van der Waals surface area contributed by atoms with E-state index in [4.69, 9.17) is 39.9 Å². The molecule has 0 saturated heterocycles. The van der Waals surface area contributed by atoms with Crippen LogP contribution in [0.4, 0.5) is 15.9 Å². The van der Waals surface area contributed by atoms with Crippen LogP contribution in [0.25, 0.3) is 22.3 Å². The molecule has 0 aliphatic heterocycles. The van der Waals surface area contributed by atoms with Crippen molar-refractivity contribution in [2.75, 3.05) is 90.8 Å². The van der Waals surface area contributed by atoms with Crippen molar-refractivity contribution in [1.29, 1.82) is 0 Å². The van der Waals surface area contributed by atoms with Crippen molar-refractivity contribution in [2.45, 2.75) is 0 Å². The molecule has 0 aliphatic rings. The molecule has 0 bridgehead atoms. The monoisotopic (exact) mass is 596 g/mol. The summed E-state index contributed by atoms with van der Waals surface area (Å²) in [5, 5.41) is 0.665. The van der Waals surface area contributed by atoms with Crippen molar-refractivity contribution in [3.63, 3.8) is 0 Å². The molecule has 2 aromatic carbocycles. The highest BCUT2D eigenvalue weighted by molar-refractivity contribution is 9.10. The lowest BCUT2D eigenvalue weighted by Crippen LogP contribution is -2.14. The predicted octanol–water partition coefficient (Wildman–Crippen LogP) is 3.66. The highest BCUT2D eigenvalue weighted by Gasteiger charge is 2.12. The summed E-state index contributed by atoms with van der Waals surface area (Å²) in [6.07, 6.45) is 0. The number of alkyl halides is 1. The van der Waals surface area contributed by atoms with Crippen LogP contribution in [0.5, 0.6) is 5.75 Å². The molecule has 1 aromatic heterocycles. The minimum Gasteiger partial charge on any atom is -0.489 e. The molecule has 12 heteroatoms. The summed E-state index contributed by atoms with van der Waals surface area (Å²) < 4.78 is 45.3. The molecule has 38 heavy (non-hydrogen) atoms. The van der Waals surface area contributed by atoms with Crippen molar-refractivity contribution < 1.29 is 32.8 Å². The van der Waals surface area contributed by atoms with Crippen LogP contribution >= 0.6 is 15.9 Å². The molecular weight excluding hydrogens is 563 g/mol. The van der Waals surface area contributed by atoms with Gasteiger partial charge in [0.05, 0.1) is 77.3 Å². The molecule has 1 heterocycles. The molecule has 0 radical (unpaired) electrons. The molecule has 0 spiro atoms. The van der Waals surface area contributed by atoms with Gasteiger partial charge in [0.15, 0.2) is 5.82 Å². The highest BCUT2D eigenvalue weighted by atomic mass is 79.9. The first-order valence-corrected chi connectivity index (χ1v) is 13.1. The van der Waals surface area contributed by atoms with E-state index in [1.54, 1.807) is 12.1 Å². The van der Waals surface area contributed by atoms with Gasteiger partial charge in [-0.3, -0.25) is 0 Å². The number of nitrogens with two attached hydrogens (primary N) is 2. The fraction of sp³-hybridized carbons (Fsp3) is 0.462. The Labute approximate surface area is 229 Å². The zero-order valence-corrected chi connectivity index (χ0v) is 22.8. The van der Waals surface area contributed by atoms with Crippen molar-refractivity contribution in [2.24, 2.45) is 0 Å². The summed E-state index contributed by atoms with van der Waals surface area (Å²) >= 11 is 3.46. The number of halogens is 2. The van der Waals surface area contributed by atoms with Crippen molar-refractivity contribution in [3.05, 3.63) is 40.9 Å². The minimum atomic E-state index is -0.482. The fourth-order valence-corrected chi connectivity index (χ4v) is 3.72. The summed E-state index contributed by atoms with van der Waals surface area (Å²) in [4.78, 5) is 9.07. The number of anilines is 2. The number of aromatic nitrogens is 2. The van der Waals surface area contributed by atoms with Crippen LogP contribution < -0.4 is 16.2 Å². The van der Waals surface area contributed by atoms with E-state index < -0.39 is 6.67 Å². The van der Waals surface area contributed by atoms with Crippen molar-refractivity contribution >= 4 is 38.3 Å². The van der Waals surface area contributed by atoms with E-state index >= 15 is 0 Å². The third kappa shape index (κ3) is 10.3. The van der Waals surface area contributed by atoms with Gasteiger partial charge in [-0.25, -0.2) is 14.4 Å². The molecular formula is C26H34BrFN4O6. The molecule has 208 valence electrons. The van der Waals surface area contributed by atoms with Crippen LogP contribution in [0.3, 0.4) is 0 Å². The maximum atomic E-state index is 11.8. The normalized spacial score (nSPS) is 11.3. The van der Waals surface area contributed by atoms with Crippen molar-refractivity contribution in [3.8, 4) is 17.1 Å². The van der Waals surface area contributed by atoms with E-state index in [0.29, 0.717) is 100 Å². The Bertz CT molecular complexity index is 1130. The smallest absolute Gasteiger partial charge is 0.162 e. The van der Waals surface area contributed by atoms with Crippen LogP contribution in [0.2, 0.25) is 0 Å². The SMILES string of the molecule is Nc1cc2c(N)nc(-c3cccc(Br)c3)nc2cc1OCCOCCOCCOCCOCCOCCF. The highest BCUT2D eigenvalue weighted by Crippen LogP contribution is 2.31. The van der Waals surface area contributed by atoms with Gasteiger partial charge in [0.25, 0.3) is 0 Å². The Kier molecular flexibility index (Phi) is 13.5. The van der Waals surface area contributed by atoms with Gasteiger partial charge in [0.1, 0.15) is 24.8 Å². The number of fused-ring (bicyclic) bond motifs is 1. The zero-order chi connectivity index (χ0) is 27.0. The van der Waals surface area contributed by atoms with Gasteiger partial charge >= 0.3 is 0 Å². The maximum absolute atomic E-state index is 11.8. The van der Waals surface area contributed by atoms with Gasteiger partial charge in [-0.15, -0.1) is 0 Å². The average Bonchev–Trinajstić information content (AvgIpc) is 2.91. The van der Waals surface area contributed by atoms with Gasteiger partial charge in [-0.05, 0) is 18.2 Å². The van der Waals surface area contributed by atoms with Crippen LogP contribution in [0, 0.1) is 0 Å².